The van der Waals surface area contributed by atoms with Crippen LogP contribution in [0.2, 0.25) is 0 Å². The molecule has 0 aliphatic carbocycles. The number of halogens is 4. The maximum absolute atomic E-state index is 10.6. The summed E-state index contributed by atoms with van der Waals surface area (Å²) < 4.78 is 0. The fourth-order valence-corrected chi connectivity index (χ4v) is 5.04. The van der Waals surface area contributed by atoms with Crippen molar-refractivity contribution in [2.45, 2.75) is 26.7 Å². The molecule has 0 spiro atoms. The van der Waals surface area contributed by atoms with Crippen LogP contribution in [0.1, 0.15) is 37.8 Å². The van der Waals surface area contributed by atoms with Gasteiger partial charge in [0.25, 0.3) is 0 Å². The molecule has 0 bridgehead atoms. The fourth-order valence-electron chi connectivity index (χ4n) is 4.23. The summed E-state index contributed by atoms with van der Waals surface area (Å²) >= 11 is 24.0. The van der Waals surface area contributed by atoms with Crippen molar-refractivity contribution in [3.8, 4) is 11.5 Å². The first kappa shape index (κ1) is 28.8. The van der Waals surface area contributed by atoms with Crippen LogP contribution in [0.5, 0.6) is 11.5 Å². The first-order chi connectivity index (χ1) is 16.4. The highest BCUT2D eigenvalue weighted by Crippen LogP contribution is 2.38. The summed E-state index contributed by atoms with van der Waals surface area (Å²) in [7, 11) is 0. The van der Waals surface area contributed by atoms with E-state index < -0.39 is 0 Å². The van der Waals surface area contributed by atoms with Crippen molar-refractivity contribution in [2.75, 3.05) is 59.5 Å². The van der Waals surface area contributed by atoms with Crippen LogP contribution in [-0.2, 0) is 0 Å². The van der Waals surface area contributed by atoms with Gasteiger partial charge in [-0.2, -0.15) is 0 Å². The number of rotatable bonds is 14. The Balaban J connectivity index is 2.62. The average Bonchev–Trinajstić information content (AvgIpc) is 2.83. The van der Waals surface area contributed by atoms with Crippen LogP contribution in [-0.4, -0.2) is 59.9 Å². The molecule has 2 rings (SSSR count). The van der Waals surface area contributed by atoms with Crippen molar-refractivity contribution < 1.29 is 10.2 Å². The van der Waals surface area contributed by atoms with E-state index in [1.807, 2.05) is 34.1 Å². The summed E-state index contributed by atoms with van der Waals surface area (Å²) in [4.78, 5) is 4.01. The van der Waals surface area contributed by atoms with E-state index in [4.69, 9.17) is 46.4 Å². The lowest BCUT2D eigenvalue weighted by Gasteiger charge is -2.26. The second-order valence-electron chi connectivity index (χ2n) is 7.80. The third-order valence-corrected chi connectivity index (χ3v) is 6.49. The Kier molecular flexibility index (Phi) is 12.5. The predicted molar refractivity (Wildman–Crippen MR) is 151 cm³/mol. The normalized spacial score (nSPS) is 11.9. The highest BCUT2D eigenvalue weighted by Gasteiger charge is 2.17. The van der Waals surface area contributed by atoms with Gasteiger partial charge in [0.1, 0.15) is 11.5 Å². The number of phenols is 2. The van der Waals surface area contributed by atoms with Crippen LogP contribution >= 0.6 is 46.4 Å². The van der Waals surface area contributed by atoms with E-state index >= 15 is 0 Å². The van der Waals surface area contributed by atoms with E-state index in [0.717, 1.165) is 35.3 Å². The van der Waals surface area contributed by atoms with E-state index in [2.05, 4.69) is 13.8 Å². The van der Waals surface area contributed by atoms with Gasteiger partial charge in [0, 0.05) is 49.7 Å². The maximum atomic E-state index is 10.6. The summed E-state index contributed by atoms with van der Waals surface area (Å²) in [6.07, 6.45) is 1.61. The molecule has 0 radical (unpaired) electrons. The summed E-state index contributed by atoms with van der Waals surface area (Å²) in [5.41, 5.74) is 5.88. The monoisotopic (exact) mass is 546 g/mol. The van der Waals surface area contributed by atoms with Crippen molar-refractivity contribution in [2.24, 2.45) is 0 Å². The predicted octanol–water partition coefficient (Wildman–Crippen LogP) is 7.40. The standard InChI is InChI=1S/C26H34Cl4N2O2/c1-3-21(19-5-7-25(33)23(17-19)31(13-9-27)14-10-28)22(4-2)20-6-8-26(34)24(18-20)32(15-11-29)16-12-30/h5-8,17-18,33-34H,3-4,9-16H2,1-2H3. The van der Waals surface area contributed by atoms with E-state index in [1.165, 1.54) is 11.1 Å². The van der Waals surface area contributed by atoms with Gasteiger partial charge in [-0.25, -0.2) is 0 Å². The molecule has 0 unspecified atom stereocenters. The lowest BCUT2D eigenvalue weighted by atomic mass is 9.90. The zero-order valence-corrected chi connectivity index (χ0v) is 22.9. The molecule has 8 heteroatoms. The highest BCUT2D eigenvalue weighted by atomic mass is 35.5. The molecule has 0 atom stereocenters. The largest absolute Gasteiger partial charge is 0.506 e. The van der Waals surface area contributed by atoms with Crippen LogP contribution in [0, 0.1) is 0 Å². The third-order valence-electron chi connectivity index (χ3n) is 5.82. The van der Waals surface area contributed by atoms with Crippen LogP contribution in [0.3, 0.4) is 0 Å². The van der Waals surface area contributed by atoms with Gasteiger partial charge >= 0.3 is 0 Å². The molecular formula is C26H34Cl4N2O2. The number of phenolic OH excluding ortho intramolecular Hbond substituents is 2. The van der Waals surface area contributed by atoms with Gasteiger partial charge < -0.3 is 20.0 Å². The summed E-state index contributed by atoms with van der Waals surface area (Å²) in [5, 5.41) is 21.1. The lowest BCUT2D eigenvalue weighted by molar-refractivity contribution is 0.473. The number of allylic oxidation sites excluding steroid dienone is 2. The molecule has 0 saturated heterocycles. The Hall–Kier alpha value is -1.46. The molecule has 0 saturated carbocycles. The van der Waals surface area contributed by atoms with Gasteiger partial charge in [-0.1, -0.05) is 26.0 Å². The van der Waals surface area contributed by atoms with E-state index in [0.29, 0.717) is 49.7 Å². The molecule has 2 aromatic rings. The van der Waals surface area contributed by atoms with Crippen LogP contribution in [0.25, 0.3) is 11.1 Å². The minimum atomic E-state index is 0.206. The molecule has 0 fully saturated rings. The van der Waals surface area contributed by atoms with Crippen LogP contribution < -0.4 is 9.80 Å². The molecule has 34 heavy (non-hydrogen) atoms. The topological polar surface area (TPSA) is 46.9 Å². The van der Waals surface area contributed by atoms with E-state index in [1.54, 1.807) is 12.1 Å². The number of benzene rings is 2. The summed E-state index contributed by atoms with van der Waals surface area (Å²) in [6, 6.07) is 11.4. The zero-order valence-electron chi connectivity index (χ0n) is 19.8. The molecule has 0 aromatic heterocycles. The Morgan fingerprint density at radius 2 is 0.941 bits per heavy atom. The summed E-state index contributed by atoms with van der Waals surface area (Å²) in [5.74, 6) is 2.17. The van der Waals surface area contributed by atoms with E-state index in [-0.39, 0.29) is 11.5 Å². The molecule has 2 N–H and O–H groups in total. The molecule has 0 heterocycles. The fraction of sp³-hybridized carbons (Fsp3) is 0.462. The average molecular weight is 548 g/mol. The zero-order chi connectivity index (χ0) is 25.1. The minimum absolute atomic E-state index is 0.206. The minimum Gasteiger partial charge on any atom is -0.506 e. The van der Waals surface area contributed by atoms with Gasteiger partial charge in [0.2, 0.25) is 0 Å². The smallest absolute Gasteiger partial charge is 0.138 e. The quantitative estimate of drug-likeness (QED) is 0.191. The lowest BCUT2D eigenvalue weighted by Crippen LogP contribution is -2.27. The molecular weight excluding hydrogens is 514 g/mol. The summed E-state index contributed by atoms with van der Waals surface area (Å²) in [6.45, 7) is 6.62. The number of hydrogen-bond donors (Lipinski definition) is 2. The Bertz CT molecular complexity index is 865. The van der Waals surface area contributed by atoms with Crippen molar-refractivity contribution >= 4 is 68.9 Å². The Labute approximate surface area is 223 Å². The van der Waals surface area contributed by atoms with Gasteiger partial charge in [-0.05, 0) is 59.4 Å². The number of nitrogens with zero attached hydrogens (tertiary/aromatic N) is 2. The van der Waals surface area contributed by atoms with E-state index in [9.17, 15) is 10.2 Å². The maximum Gasteiger partial charge on any atom is 0.138 e. The number of hydrogen-bond acceptors (Lipinski definition) is 4. The number of aromatic hydroxyl groups is 2. The second kappa shape index (κ2) is 14.8. The third kappa shape index (κ3) is 7.27. The molecule has 4 nitrogen and oxygen atoms in total. The van der Waals surface area contributed by atoms with Gasteiger partial charge in [0.05, 0.1) is 11.4 Å². The first-order valence-electron chi connectivity index (χ1n) is 11.6. The van der Waals surface area contributed by atoms with Gasteiger partial charge in [-0.3, -0.25) is 0 Å². The molecule has 0 aliphatic rings. The Morgan fingerprint density at radius 3 is 1.21 bits per heavy atom. The molecule has 188 valence electrons. The second-order valence-corrected chi connectivity index (χ2v) is 9.31. The van der Waals surface area contributed by atoms with Crippen molar-refractivity contribution in [1.29, 1.82) is 0 Å². The molecule has 0 amide bonds. The first-order valence-corrected chi connectivity index (χ1v) is 13.7. The SMILES string of the molecule is CCC(=C(CC)c1ccc(O)c(N(CCCl)CCCl)c1)c1ccc(O)c(N(CCCl)CCCl)c1. The van der Waals surface area contributed by atoms with Crippen LogP contribution in [0.15, 0.2) is 36.4 Å². The van der Waals surface area contributed by atoms with Crippen molar-refractivity contribution in [3.63, 3.8) is 0 Å². The highest BCUT2D eigenvalue weighted by molar-refractivity contribution is 6.19. The number of anilines is 2. The molecule has 0 aliphatic heterocycles. The number of alkyl halides is 4. The Morgan fingerprint density at radius 1 is 0.618 bits per heavy atom. The van der Waals surface area contributed by atoms with Crippen molar-refractivity contribution in [1.82, 2.24) is 0 Å². The van der Waals surface area contributed by atoms with Gasteiger partial charge in [0.15, 0.2) is 0 Å². The van der Waals surface area contributed by atoms with Crippen molar-refractivity contribution in [3.05, 3.63) is 47.5 Å². The van der Waals surface area contributed by atoms with Gasteiger partial charge in [-0.15, -0.1) is 46.4 Å². The molecule has 2 aromatic carbocycles. The van der Waals surface area contributed by atoms with Crippen LogP contribution in [0.4, 0.5) is 11.4 Å².